The third-order valence-electron chi connectivity index (χ3n) is 5.27. The number of nitrogens with zero attached hydrogens (tertiary/aromatic N) is 3. The van der Waals surface area contributed by atoms with Gasteiger partial charge in [0.2, 0.25) is 5.91 Å². The zero-order valence-corrected chi connectivity index (χ0v) is 22.1. The van der Waals surface area contributed by atoms with Crippen LogP contribution in [0.15, 0.2) is 41.6 Å². The highest BCUT2D eigenvalue weighted by atomic mass is 35.5. The number of thioether (sulfide) groups is 1. The van der Waals surface area contributed by atoms with E-state index in [9.17, 15) is 14.0 Å². The van der Waals surface area contributed by atoms with Crippen molar-refractivity contribution in [3.05, 3.63) is 69.2 Å². The first-order valence-electron chi connectivity index (χ1n) is 11.0. The first-order chi connectivity index (χ1) is 16.6. The van der Waals surface area contributed by atoms with E-state index >= 15 is 0 Å². The van der Waals surface area contributed by atoms with E-state index in [1.54, 1.807) is 25.1 Å². The summed E-state index contributed by atoms with van der Waals surface area (Å²) in [5.74, 6) is -0.429. The highest BCUT2D eigenvalue weighted by Gasteiger charge is 2.27. The number of aromatic nitrogens is 3. The third kappa shape index (κ3) is 6.74. The van der Waals surface area contributed by atoms with Gasteiger partial charge in [-0.25, -0.2) is 4.39 Å². The summed E-state index contributed by atoms with van der Waals surface area (Å²) in [6.07, 6.45) is 0. The van der Waals surface area contributed by atoms with Gasteiger partial charge in [0.15, 0.2) is 11.0 Å². The van der Waals surface area contributed by atoms with E-state index in [2.05, 4.69) is 20.8 Å². The molecule has 2 amide bonds. The van der Waals surface area contributed by atoms with Crippen molar-refractivity contribution in [2.75, 3.05) is 11.1 Å². The summed E-state index contributed by atoms with van der Waals surface area (Å²) in [5, 5.41) is 15.5. The van der Waals surface area contributed by atoms with Gasteiger partial charge in [-0.1, -0.05) is 54.9 Å². The maximum atomic E-state index is 13.5. The van der Waals surface area contributed by atoms with Gasteiger partial charge in [-0.15, -0.1) is 10.2 Å². The number of amides is 2. The number of anilines is 1. The Morgan fingerprint density at radius 3 is 2.54 bits per heavy atom. The van der Waals surface area contributed by atoms with Crippen LogP contribution in [0.4, 0.5) is 10.1 Å². The molecule has 0 aliphatic carbocycles. The van der Waals surface area contributed by atoms with Crippen LogP contribution in [0.5, 0.6) is 0 Å². The second-order valence-electron chi connectivity index (χ2n) is 8.20. The summed E-state index contributed by atoms with van der Waals surface area (Å²) >= 11 is 13.4. The van der Waals surface area contributed by atoms with E-state index in [0.29, 0.717) is 33.8 Å². The second-order valence-corrected chi connectivity index (χ2v) is 9.99. The Morgan fingerprint density at radius 2 is 1.89 bits per heavy atom. The minimum Gasteiger partial charge on any atom is -0.342 e. The number of carbonyl (C=O) groups excluding carboxylic acids is 2. The van der Waals surface area contributed by atoms with Gasteiger partial charge in [0.25, 0.3) is 5.91 Å². The number of benzene rings is 2. The molecule has 0 spiro atoms. The van der Waals surface area contributed by atoms with Crippen LogP contribution in [-0.2, 0) is 11.3 Å². The lowest BCUT2D eigenvalue weighted by molar-refractivity contribution is -0.113. The number of halogens is 3. The van der Waals surface area contributed by atoms with E-state index in [1.807, 2.05) is 25.3 Å². The van der Waals surface area contributed by atoms with Crippen molar-refractivity contribution in [3.63, 3.8) is 0 Å². The fourth-order valence-electron chi connectivity index (χ4n) is 3.40. The lowest BCUT2D eigenvalue weighted by Gasteiger charge is -2.22. The maximum absolute atomic E-state index is 13.5. The Balaban J connectivity index is 1.74. The zero-order valence-electron chi connectivity index (χ0n) is 19.7. The van der Waals surface area contributed by atoms with Crippen LogP contribution >= 0.6 is 35.0 Å². The van der Waals surface area contributed by atoms with Crippen LogP contribution in [0.2, 0.25) is 10.0 Å². The molecule has 1 atom stereocenters. The molecule has 0 radical (unpaired) electrons. The second kappa shape index (κ2) is 11.9. The summed E-state index contributed by atoms with van der Waals surface area (Å²) < 4.78 is 15.4. The monoisotopic (exact) mass is 537 g/mol. The highest BCUT2D eigenvalue weighted by molar-refractivity contribution is 7.99. The van der Waals surface area contributed by atoms with Crippen LogP contribution in [0.25, 0.3) is 0 Å². The Hall–Kier alpha value is -2.62. The van der Waals surface area contributed by atoms with Gasteiger partial charge >= 0.3 is 0 Å². The molecule has 2 aromatic carbocycles. The number of rotatable bonds is 9. The number of nitrogens with one attached hydrogen (secondary N) is 2. The van der Waals surface area contributed by atoms with Crippen LogP contribution in [0.1, 0.15) is 48.6 Å². The predicted molar refractivity (Wildman–Crippen MR) is 138 cm³/mol. The van der Waals surface area contributed by atoms with Crippen molar-refractivity contribution in [2.24, 2.45) is 5.92 Å². The molecule has 11 heteroatoms. The number of aryl methyl sites for hydroxylation is 1. The molecule has 0 aliphatic rings. The molecule has 3 aromatic rings. The van der Waals surface area contributed by atoms with E-state index < -0.39 is 11.9 Å². The number of hydrogen-bond acceptors (Lipinski definition) is 5. The van der Waals surface area contributed by atoms with Crippen molar-refractivity contribution in [1.29, 1.82) is 0 Å². The molecule has 1 aromatic heterocycles. The highest BCUT2D eigenvalue weighted by Crippen LogP contribution is 2.27. The lowest BCUT2D eigenvalue weighted by Crippen LogP contribution is -2.34. The third-order valence-corrected chi connectivity index (χ3v) is 6.79. The average Bonchev–Trinajstić information content (AvgIpc) is 3.20. The van der Waals surface area contributed by atoms with Crippen LogP contribution in [0.3, 0.4) is 0 Å². The predicted octanol–water partition coefficient (Wildman–Crippen LogP) is 5.91. The summed E-state index contributed by atoms with van der Waals surface area (Å²) in [6, 6.07) is 8.48. The summed E-state index contributed by atoms with van der Waals surface area (Å²) in [4.78, 5) is 25.4. The van der Waals surface area contributed by atoms with Crippen LogP contribution in [-0.4, -0.2) is 32.3 Å². The lowest BCUT2D eigenvalue weighted by atomic mass is 10.0. The van der Waals surface area contributed by atoms with Gasteiger partial charge in [0.1, 0.15) is 5.82 Å². The molecule has 35 heavy (non-hydrogen) atoms. The largest absolute Gasteiger partial charge is 0.342 e. The molecule has 1 unspecified atom stereocenters. The minimum absolute atomic E-state index is 0.00312. The van der Waals surface area contributed by atoms with E-state index in [0.717, 1.165) is 5.56 Å². The summed E-state index contributed by atoms with van der Waals surface area (Å²) in [6.45, 7) is 8.19. The molecule has 2 N–H and O–H groups in total. The molecule has 0 saturated carbocycles. The van der Waals surface area contributed by atoms with Crippen molar-refractivity contribution >= 4 is 52.5 Å². The minimum atomic E-state index is -0.445. The van der Waals surface area contributed by atoms with E-state index in [1.165, 1.54) is 30.0 Å². The standard InChI is InChI=1S/C24H26Cl2FN5O2S/c1-5-32-22(21(13(2)3)29-23(34)17-9-7-15(25)10-18(17)26)30-31-24(32)35-12-20(33)28-19-11-16(27)8-6-14(19)4/h6-11,13,21H,5,12H2,1-4H3,(H,28,33)(H,29,34). The van der Waals surface area contributed by atoms with E-state index in [4.69, 9.17) is 23.2 Å². The summed E-state index contributed by atoms with van der Waals surface area (Å²) in [5.41, 5.74) is 1.50. The fraction of sp³-hybridized carbons (Fsp3) is 0.333. The molecule has 3 rings (SSSR count). The molecular formula is C24H26Cl2FN5O2S. The van der Waals surface area contributed by atoms with Gasteiger partial charge in [0, 0.05) is 17.3 Å². The van der Waals surface area contributed by atoms with Gasteiger partial charge in [-0.05, 0) is 55.7 Å². The Morgan fingerprint density at radius 1 is 1.14 bits per heavy atom. The van der Waals surface area contributed by atoms with Crippen molar-refractivity contribution < 1.29 is 14.0 Å². The van der Waals surface area contributed by atoms with Gasteiger partial charge < -0.3 is 15.2 Å². The van der Waals surface area contributed by atoms with Crippen molar-refractivity contribution in [2.45, 2.75) is 45.4 Å². The molecular weight excluding hydrogens is 512 g/mol. The number of carbonyl (C=O) groups is 2. The molecule has 0 saturated heterocycles. The fourth-order valence-corrected chi connectivity index (χ4v) is 4.71. The molecule has 0 fully saturated rings. The van der Waals surface area contributed by atoms with Crippen molar-refractivity contribution in [1.82, 2.24) is 20.1 Å². The van der Waals surface area contributed by atoms with E-state index in [-0.39, 0.29) is 28.5 Å². The molecule has 1 heterocycles. The maximum Gasteiger partial charge on any atom is 0.253 e. The Kier molecular flexibility index (Phi) is 9.15. The first kappa shape index (κ1) is 27.0. The molecule has 0 bridgehead atoms. The van der Waals surface area contributed by atoms with Crippen molar-refractivity contribution in [3.8, 4) is 0 Å². The Labute approximate surface area is 217 Å². The zero-order chi connectivity index (χ0) is 25.7. The smallest absolute Gasteiger partial charge is 0.253 e. The quantitative estimate of drug-likeness (QED) is 0.331. The van der Waals surface area contributed by atoms with Crippen LogP contribution in [0, 0.1) is 18.7 Å². The summed E-state index contributed by atoms with van der Waals surface area (Å²) in [7, 11) is 0. The molecule has 0 aliphatic heterocycles. The molecule has 7 nitrogen and oxygen atoms in total. The number of hydrogen-bond donors (Lipinski definition) is 2. The Bertz CT molecular complexity index is 1230. The van der Waals surface area contributed by atoms with Crippen LogP contribution < -0.4 is 10.6 Å². The first-order valence-corrected chi connectivity index (χ1v) is 12.7. The van der Waals surface area contributed by atoms with Gasteiger partial charge in [0.05, 0.1) is 22.4 Å². The molecule has 186 valence electrons. The topological polar surface area (TPSA) is 88.9 Å². The van der Waals surface area contributed by atoms with Gasteiger partial charge in [-0.2, -0.15) is 0 Å². The SMILES string of the molecule is CCn1c(SCC(=O)Nc2cc(F)ccc2C)nnc1C(NC(=O)c1ccc(Cl)cc1Cl)C(C)C. The average molecular weight is 538 g/mol. The normalized spacial score (nSPS) is 12.0. The van der Waals surface area contributed by atoms with Gasteiger partial charge in [-0.3, -0.25) is 9.59 Å².